The van der Waals surface area contributed by atoms with Crippen LogP contribution in [0.25, 0.3) is 10.9 Å². The Morgan fingerprint density at radius 3 is 2.52 bits per heavy atom. The van der Waals surface area contributed by atoms with Gasteiger partial charge in [0.25, 0.3) is 0 Å². The number of para-hydroxylation sites is 1. The van der Waals surface area contributed by atoms with Gasteiger partial charge in [-0.2, -0.15) is 0 Å². The molecular weight excluding hydrogens is 258 g/mol. The van der Waals surface area contributed by atoms with Gasteiger partial charge in [-0.3, -0.25) is 4.79 Å². The van der Waals surface area contributed by atoms with Gasteiger partial charge in [0.2, 0.25) is 0 Å². The molecule has 2 aromatic rings. The van der Waals surface area contributed by atoms with Crippen LogP contribution in [0.4, 0.5) is 0 Å². The Morgan fingerprint density at radius 2 is 1.76 bits per heavy atom. The molecule has 1 heterocycles. The van der Waals surface area contributed by atoms with Crippen LogP contribution in [0.3, 0.4) is 0 Å². The highest BCUT2D eigenvalue weighted by Crippen LogP contribution is 2.15. The summed E-state index contributed by atoms with van der Waals surface area (Å²) in [6, 6.07) is 7.79. The summed E-state index contributed by atoms with van der Waals surface area (Å²) in [5.41, 5.74) is 3.14. The minimum Gasteiger partial charge on any atom is -0.358 e. The highest BCUT2D eigenvalue weighted by molar-refractivity contribution is 5.79. The Hall–Kier alpha value is -1.57. The molecule has 1 aromatic carbocycles. The van der Waals surface area contributed by atoms with Gasteiger partial charge in [-0.25, -0.2) is 0 Å². The molecule has 0 amide bonds. The Morgan fingerprint density at radius 1 is 1.05 bits per heavy atom. The van der Waals surface area contributed by atoms with Crippen LogP contribution in [0.2, 0.25) is 0 Å². The van der Waals surface area contributed by atoms with E-state index in [-0.39, 0.29) is 5.43 Å². The molecule has 2 nitrogen and oxygen atoms in total. The predicted molar refractivity (Wildman–Crippen MR) is 90.9 cm³/mol. The maximum absolute atomic E-state index is 12.3. The second kappa shape index (κ2) is 7.44. The molecule has 0 aliphatic rings. The average Bonchev–Trinajstić information content (AvgIpc) is 2.47. The molecule has 0 bridgehead atoms. The van der Waals surface area contributed by atoms with Gasteiger partial charge in [-0.15, -0.1) is 0 Å². The maximum atomic E-state index is 12.3. The van der Waals surface area contributed by atoms with Crippen LogP contribution in [-0.2, 0) is 6.42 Å². The van der Waals surface area contributed by atoms with Crippen molar-refractivity contribution in [2.45, 2.75) is 59.3 Å². The van der Waals surface area contributed by atoms with Crippen molar-refractivity contribution in [2.24, 2.45) is 5.92 Å². The third-order valence-electron chi connectivity index (χ3n) is 4.21. The summed E-state index contributed by atoms with van der Waals surface area (Å²) in [4.78, 5) is 15.8. The van der Waals surface area contributed by atoms with Gasteiger partial charge >= 0.3 is 0 Å². The Kier molecular flexibility index (Phi) is 5.60. The number of pyridine rings is 1. The van der Waals surface area contributed by atoms with Crippen LogP contribution < -0.4 is 5.43 Å². The zero-order valence-electron chi connectivity index (χ0n) is 13.5. The van der Waals surface area contributed by atoms with Crippen molar-refractivity contribution in [3.8, 4) is 0 Å². The summed E-state index contributed by atoms with van der Waals surface area (Å²) < 4.78 is 0. The van der Waals surface area contributed by atoms with E-state index in [1.165, 1.54) is 25.7 Å². The summed E-state index contributed by atoms with van der Waals surface area (Å²) in [6.45, 7) is 6.51. The number of nitrogens with one attached hydrogen (secondary N) is 1. The Bertz CT molecular complexity index is 640. The van der Waals surface area contributed by atoms with Crippen molar-refractivity contribution >= 4 is 10.9 Å². The molecule has 0 saturated heterocycles. The number of aryl methyl sites for hydroxylation is 1. The van der Waals surface area contributed by atoms with Crippen LogP contribution in [0.5, 0.6) is 0 Å². The van der Waals surface area contributed by atoms with Crippen LogP contribution in [0.1, 0.15) is 57.2 Å². The first-order valence-corrected chi connectivity index (χ1v) is 8.20. The van der Waals surface area contributed by atoms with Gasteiger partial charge < -0.3 is 4.98 Å². The first-order valence-electron chi connectivity index (χ1n) is 8.20. The molecule has 0 spiro atoms. The van der Waals surface area contributed by atoms with E-state index in [9.17, 15) is 4.79 Å². The first-order chi connectivity index (χ1) is 10.1. The summed E-state index contributed by atoms with van der Waals surface area (Å²) >= 11 is 0. The third kappa shape index (κ3) is 4.20. The minimum absolute atomic E-state index is 0.180. The second-order valence-corrected chi connectivity index (χ2v) is 6.45. The summed E-state index contributed by atoms with van der Waals surface area (Å²) in [5.74, 6) is 0.809. The SMILES string of the molecule is Cc1c(CCCCCCC(C)C)[nH]c2ccccc2c1=O. The normalized spacial score (nSPS) is 11.4. The third-order valence-corrected chi connectivity index (χ3v) is 4.21. The number of benzene rings is 1. The minimum atomic E-state index is 0.180. The lowest BCUT2D eigenvalue weighted by Gasteiger charge is -2.09. The number of hydrogen-bond acceptors (Lipinski definition) is 1. The lowest BCUT2D eigenvalue weighted by atomic mass is 10.0. The van der Waals surface area contributed by atoms with E-state index in [1.54, 1.807) is 0 Å². The Labute approximate surface area is 127 Å². The molecular formula is C19H27NO. The molecule has 2 rings (SSSR count). The average molecular weight is 285 g/mol. The molecule has 114 valence electrons. The molecule has 2 heteroatoms. The van der Waals surface area contributed by atoms with E-state index in [4.69, 9.17) is 0 Å². The molecule has 0 aliphatic heterocycles. The summed E-state index contributed by atoms with van der Waals surface area (Å²) in [7, 11) is 0. The molecule has 1 N–H and O–H groups in total. The number of rotatable bonds is 7. The smallest absolute Gasteiger partial charge is 0.192 e. The maximum Gasteiger partial charge on any atom is 0.192 e. The van der Waals surface area contributed by atoms with Crippen LogP contribution in [-0.4, -0.2) is 4.98 Å². The fourth-order valence-electron chi connectivity index (χ4n) is 2.84. The topological polar surface area (TPSA) is 32.9 Å². The van der Waals surface area contributed by atoms with E-state index in [2.05, 4.69) is 18.8 Å². The summed E-state index contributed by atoms with van der Waals surface area (Å²) in [6.07, 6.45) is 7.34. The zero-order chi connectivity index (χ0) is 15.2. The first kappa shape index (κ1) is 15.8. The van der Waals surface area contributed by atoms with Gasteiger partial charge in [0.1, 0.15) is 0 Å². The highest BCUT2D eigenvalue weighted by atomic mass is 16.1. The fourth-order valence-corrected chi connectivity index (χ4v) is 2.84. The van der Waals surface area contributed by atoms with E-state index in [1.807, 2.05) is 31.2 Å². The fraction of sp³-hybridized carbons (Fsp3) is 0.526. The predicted octanol–water partition coefficient (Wildman–Crippen LogP) is 4.99. The molecule has 1 aromatic heterocycles. The van der Waals surface area contributed by atoms with E-state index < -0.39 is 0 Å². The number of fused-ring (bicyclic) bond motifs is 1. The molecule has 0 saturated carbocycles. The van der Waals surface area contributed by atoms with Gasteiger partial charge in [0.15, 0.2) is 5.43 Å². The highest BCUT2D eigenvalue weighted by Gasteiger charge is 2.07. The lowest BCUT2D eigenvalue weighted by Crippen LogP contribution is -2.11. The van der Waals surface area contributed by atoms with Crippen molar-refractivity contribution in [1.82, 2.24) is 4.98 Å². The zero-order valence-corrected chi connectivity index (χ0v) is 13.5. The van der Waals surface area contributed by atoms with Gasteiger partial charge in [0.05, 0.1) is 0 Å². The van der Waals surface area contributed by atoms with Crippen LogP contribution in [0.15, 0.2) is 29.1 Å². The molecule has 0 aliphatic carbocycles. The molecule has 0 atom stereocenters. The number of unbranched alkanes of at least 4 members (excludes halogenated alkanes) is 3. The number of hydrogen-bond donors (Lipinski definition) is 1. The standard InChI is InChI=1S/C19H27NO/c1-14(2)10-6-4-5-7-12-17-15(3)19(21)16-11-8-9-13-18(16)20-17/h8-9,11,13-14H,4-7,10,12H2,1-3H3,(H,20,21). The van der Waals surface area contributed by atoms with Gasteiger partial charge in [-0.1, -0.05) is 51.7 Å². The van der Waals surface area contributed by atoms with E-state index >= 15 is 0 Å². The number of aromatic nitrogens is 1. The molecule has 0 fully saturated rings. The monoisotopic (exact) mass is 285 g/mol. The Balaban J connectivity index is 1.96. The molecule has 0 radical (unpaired) electrons. The lowest BCUT2D eigenvalue weighted by molar-refractivity contribution is 0.519. The quantitative estimate of drug-likeness (QED) is 0.715. The van der Waals surface area contributed by atoms with Crippen molar-refractivity contribution in [3.05, 3.63) is 45.7 Å². The van der Waals surface area contributed by atoms with Gasteiger partial charge in [-0.05, 0) is 37.8 Å². The molecule has 21 heavy (non-hydrogen) atoms. The van der Waals surface area contributed by atoms with E-state index in [0.29, 0.717) is 0 Å². The van der Waals surface area contributed by atoms with Crippen LogP contribution in [0, 0.1) is 12.8 Å². The molecule has 0 unspecified atom stereocenters. The largest absolute Gasteiger partial charge is 0.358 e. The van der Waals surface area contributed by atoms with Crippen molar-refractivity contribution in [1.29, 1.82) is 0 Å². The van der Waals surface area contributed by atoms with Gasteiger partial charge in [0, 0.05) is 22.2 Å². The van der Waals surface area contributed by atoms with E-state index in [0.717, 1.165) is 40.9 Å². The van der Waals surface area contributed by atoms with Crippen molar-refractivity contribution in [3.63, 3.8) is 0 Å². The van der Waals surface area contributed by atoms with Crippen molar-refractivity contribution < 1.29 is 0 Å². The van der Waals surface area contributed by atoms with Crippen LogP contribution >= 0.6 is 0 Å². The summed E-state index contributed by atoms with van der Waals surface area (Å²) in [5, 5.41) is 0.802. The van der Waals surface area contributed by atoms with Crippen molar-refractivity contribution in [2.75, 3.05) is 0 Å². The number of H-pyrrole nitrogens is 1. The second-order valence-electron chi connectivity index (χ2n) is 6.45. The number of aromatic amines is 1.